The molecule has 9 heteroatoms. The zero-order valence-corrected chi connectivity index (χ0v) is 12.4. The summed E-state index contributed by atoms with van der Waals surface area (Å²) in [6.45, 7) is 0.645. The Bertz CT molecular complexity index is 656. The number of hydrogen-bond donors (Lipinski definition) is 6. The second-order valence-electron chi connectivity index (χ2n) is 4.71. The Morgan fingerprint density at radius 2 is 2.24 bits per heavy atom. The molecule has 116 valence electrons. The second-order valence-corrected chi connectivity index (χ2v) is 5.62. The molecule has 0 saturated heterocycles. The van der Waals surface area contributed by atoms with Crippen LogP contribution in [0.1, 0.15) is 5.56 Å². The van der Waals surface area contributed by atoms with Crippen LogP contribution in [-0.4, -0.2) is 55.9 Å². The van der Waals surface area contributed by atoms with Crippen molar-refractivity contribution in [3.05, 3.63) is 22.1 Å². The lowest BCUT2D eigenvalue weighted by Gasteiger charge is -2.17. The van der Waals surface area contributed by atoms with E-state index < -0.39 is 12.2 Å². The number of thioether (sulfide) groups is 1. The fourth-order valence-electron chi connectivity index (χ4n) is 1.99. The quantitative estimate of drug-likeness (QED) is 0.385. The molecule has 2 rings (SSSR count). The lowest BCUT2D eigenvalue weighted by Crippen LogP contribution is -2.37. The number of nitrogens with one attached hydrogen (secondary N) is 3. The molecular formula is C12H19N5O3S. The predicted molar refractivity (Wildman–Crippen MR) is 83.2 cm³/mol. The van der Waals surface area contributed by atoms with Gasteiger partial charge < -0.3 is 26.2 Å². The molecule has 7 N–H and O–H groups in total. The van der Waals surface area contributed by atoms with Gasteiger partial charge in [0.05, 0.1) is 12.2 Å². The Morgan fingerprint density at radius 3 is 2.95 bits per heavy atom. The number of nitrogens with zero attached hydrogens (tertiary/aromatic N) is 1. The molecule has 8 nitrogen and oxygen atoms in total. The first-order valence-corrected chi connectivity index (χ1v) is 7.84. The Labute approximate surface area is 125 Å². The maximum absolute atomic E-state index is 11.7. The first-order chi connectivity index (χ1) is 10.0. The van der Waals surface area contributed by atoms with Crippen molar-refractivity contribution in [3.63, 3.8) is 0 Å². The molecule has 0 bridgehead atoms. The molecule has 0 radical (unpaired) electrons. The molecule has 0 spiro atoms. The SMILES string of the molecule is CSCC(O)C(O)CNCc1c[nH]c2c(=O)[nH]c(N)nc12. The Kier molecular flexibility index (Phi) is 5.23. The fourth-order valence-corrected chi connectivity index (χ4v) is 2.56. The monoisotopic (exact) mass is 313 g/mol. The predicted octanol–water partition coefficient (Wildman–Crippen LogP) is -0.992. The first kappa shape index (κ1) is 15.8. The van der Waals surface area contributed by atoms with Crippen LogP contribution in [0.3, 0.4) is 0 Å². The van der Waals surface area contributed by atoms with E-state index in [1.54, 1.807) is 6.20 Å². The van der Waals surface area contributed by atoms with Gasteiger partial charge >= 0.3 is 0 Å². The number of rotatable bonds is 7. The molecule has 2 unspecified atom stereocenters. The van der Waals surface area contributed by atoms with Crippen LogP contribution in [0, 0.1) is 0 Å². The van der Waals surface area contributed by atoms with Gasteiger partial charge in [-0.3, -0.25) is 9.78 Å². The van der Waals surface area contributed by atoms with Gasteiger partial charge in [-0.2, -0.15) is 11.8 Å². The number of aliphatic hydroxyl groups is 2. The van der Waals surface area contributed by atoms with E-state index in [0.717, 1.165) is 5.56 Å². The molecule has 0 saturated carbocycles. The highest BCUT2D eigenvalue weighted by Gasteiger charge is 2.15. The van der Waals surface area contributed by atoms with Crippen LogP contribution >= 0.6 is 11.8 Å². The molecule has 0 aliphatic rings. The van der Waals surface area contributed by atoms with E-state index in [-0.39, 0.29) is 18.1 Å². The van der Waals surface area contributed by atoms with Gasteiger partial charge in [-0.25, -0.2) is 4.98 Å². The van der Waals surface area contributed by atoms with E-state index in [1.165, 1.54) is 11.8 Å². The molecule has 2 aromatic rings. The van der Waals surface area contributed by atoms with Crippen LogP contribution in [0.15, 0.2) is 11.0 Å². The summed E-state index contributed by atoms with van der Waals surface area (Å²) < 4.78 is 0. The van der Waals surface area contributed by atoms with E-state index in [4.69, 9.17) is 5.73 Å². The van der Waals surface area contributed by atoms with Crippen molar-refractivity contribution in [2.45, 2.75) is 18.8 Å². The third-order valence-electron chi connectivity index (χ3n) is 3.08. The smallest absolute Gasteiger partial charge is 0.276 e. The van der Waals surface area contributed by atoms with E-state index in [1.807, 2.05) is 6.26 Å². The van der Waals surface area contributed by atoms with Crippen molar-refractivity contribution in [2.75, 3.05) is 24.3 Å². The van der Waals surface area contributed by atoms with Crippen LogP contribution in [0.5, 0.6) is 0 Å². The number of aliphatic hydroxyl groups excluding tert-OH is 2. The maximum atomic E-state index is 11.7. The lowest BCUT2D eigenvalue weighted by molar-refractivity contribution is 0.0347. The highest BCUT2D eigenvalue weighted by atomic mass is 32.2. The highest BCUT2D eigenvalue weighted by Crippen LogP contribution is 2.12. The molecule has 0 aromatic carbocycles. The van der Waals surface area contributed by atoms with Crippen LogP contribution < -0.4 is 16.6 Å². The summed E-state index contributed by atoms with van der Waals surface area (Å²) in [5.41, 5.74) is 6.85. The van der Waals surface area contributed by atoms with Crippen molar-refractivity contribution in [1.82, 2.24) is 20.3 Å². The summed E-state index contributed by atoms with van der Waals surface area (Å²) in [6.07, 6.45) is 1.92. The number of nitrogens with two attached hydrogens (primary N) is 1. The largest absolute Gasteiger partial charge is 0.390 e. The highest BCUT2D eigenvalue weighted by molar-refractivity contribution is 7.98. The van der Waals surface area contributed by atoms with Gasteiger partial charge in [-0.1, -0.05) is 0 Å². The zero-order chi connectivity index (χ0) is 15.4. The number of aromatic amines is 2. The third-order valence-corrected chi connectivity index (χ3v) is 3.76. The third kappa shape index (κ3) is 3.76. The van der Waals surface area contributed by atoms with Crippen molar-refractivity contribution in [1.29, 1.82) is 0 Å². The minimum absolute atomic E-state index is 0.0591. The average Bonchev–Trinajstić information content (AvgIpc) is 2.82. The maximum Gasteiger partial charge on any atom is 0.276 e. The molecule has 0 aliphatic heterocycles. The molecule has 2 atom stereocenters. The number of aromatic nitrogens is 3. The summed E-state index contributed by atoms with van der Waals surface area (Å²) in [7, 11) is 0. The van der Waals surface area contributed by atoms with Crippen molar-refractivity contribution in [2.24, 2.45) is 0 Å². The number of H-pyrrole nitrogens is 2. The van der Waals surface area contributed by atoms with Gasteiger partial charge in [0.25, 0.3) is 5.56 Å². The van der Waals surface area contributed by atoms with Gasteiger partial charge in [-0.05, 0) is 6.26 Å². The van der Waals surface area contributed by atoms with Crippen LogP contribution in [0.4, 0.5) is 5.95 Å². The van der Waals surface area contributed by atoms with Crippen molar-refractivity contribution in [3.8, 4) is 0 Å². The Morgan fingerprint density at radius 1 is 1.48 bits per heavy atom. The molecule has 21 heavy (non-hydrogen) atoms. The standard InChI is InChI=1S/C12H19N5O3S/c1-21-5-8(19)7(18)4-14-2-6-3-15-10-9(6)16-12(13)17-11(10)20/h3,7-8,14-15,18-19H,2,4-5H2,1H3,(H3,13,16,17,20). The van der Waals surface area contributed by atoms with E-state index in [9.17, 15) is 15.0 Å². The molecular weight excluding hydrogens is 294 g/mol. The summed E-state index contributed by atoms with van der Waals surface area (Å²) in [6, 6.07) is 0. The number of anilines is 1. The molecule has 0 fully saturated rings. The summed E-state index contributed by atoms with van der Waals surface area (Å²) >= 11 is 1.47. The number of fused-ring (bicyclic) bond motifs is 1. The second kappa shape index (κ2) is 6.94. The number of hydrogen-bond acceptors (Lipinski definition) is 7. The first-order valence-electron chi connectivity index (χ1n) is 6.44. The lowest BCUT2D eigenvalue weighted by atomic mass is 10.2. The van der Waals surface area contributed by atoms with Crippen LogP contribution in [0.2, 0.25) is 0 Å². The minimum Gasteiger partial charge on any atom is -0.390 e. The normalized spacial score (nSPS) is 14.4. The summed E-state index contributed by atoms with van der Waals surface area (Å²) in [5, 5.41) is 22.4. The Hall–Kier alpha value is -1.55. The molecule has 0 amide bonds. The van der Waals surface area contributed by atoms with Gasteiger partial charge in [-0.15, -0.1) is 0 Å². The van der Waals surface area contributed by atoms with Gasteiger partial charge in [0.1, 0.15) is 11.0 Å². The Balaban J connectivity index is 2.00. The topological polar surface area (TPSA) is 140 Å². The number of nitrogen functional groups attached to an aromatic ring is 1. The minimum atomic E-state index is -0.843. The van der Waals surface area contributed by atoms with E-state index in [2.05, 4.69) is 20.3 Å². The molecule has 2 aromatic heterocycles. The fraction of sp³-hybridized carbons (Fsp3) is 0.500. The van der Waals surface area contributed by atoms with Gasteiger partial charge in [0, 0.05) is 30.6 Å². The van der Waals surface area contributed by atoms with Crippen molar-refractivity contribution >= 4 is 28.7 Å². The average molecular weight is 313 g/mol. The summed E-state index contributed by atoms with van der Waals surface area (Å²) in [4.78, 5) is 21.0. The van der Waals surface area contributed by atoms with Crippen LogP contribution in [0.25, 0.3) is 11.0 Å². The molecule has 2 heterocycles. The van der Waals surface area contributed by atoms with E-state index >= 15 is 0 Å². The van der Waals surface area contributed by atoms with Crippen molar-refractivity contribution < 1.29 is 10.2 Å². The molecule has 0 aliphatic carbocycles. The van der Waals surface area contributed by atoms with Gasteiger partial charge in [0.2, 0.25) is 5.95 Å². The van der Waals surface area contributed by atoms with Crippen LogP contribution in [-0.2, 0) is 6.54 Å². The summed E-state index contributed by atoms with van der Waals surface area (Å²) in [5.74, 6) is 0.535. The zero-order valence-electron chi connectivity index (χ0n) is 11.6. The van der Waals surface area contributed by atoms with E-state index in [0.29, 0.717) is 23.3 Å². The van der Waals surface area contributed by atoms with Gasteiger partial charge in [0.15, 0.2) is 0 Å².